The molecular weight excluding hydrogens is 414 g/mol. The zero-order valence-electron chi connectivity index (χ0n) is 18.6. The van der Waals surface area contributed by atoms with Crippen molar-refractivity contribution >= 4 is 18.3 Å². The summed E-state index contributed by atoms with van der Waals surface area (Å²) in [6.07, 6.45) is 0.705. The average molecular weight is 446 g/mol. The Morgan fingerprint density at radius 2 is 1.97 bits per heavy atom. The minimum atomic E-state index is -1.19. The Kier molecular flexibility index (Phi) is 8.95. The lowest BCUT2D eigenvalue weighted by atomic mass is 9.73. The first-order valence-electron chi connectivity index (χ1n) is 10.5. The van der Waals surface area contributed by atoms with Crippen LogP contribution in [0.4, 0.5) is 5.82 Å². The fourth-order valence-corrected chi connectivity index (χ4v) is 3.88. The predicted octanol–water partition coefficient (Wildman–Crippen LogP) is 2.93. The van der Waals surface area contributed by atoms with Gasteiger partial charge >= 0.3 is 5.97 Å². The Bertz CT molecular complexity index is 890. The van der Waals surface area contributed by atoms with Gasteiger partial charge in [-0.1, -0.05) is 26.0 Å². The van der Waals surface area contributed by atoms with E-state index >= 15 is 0 Å². The monoisotopic (exact) mass is 445 g/mol. The van der Waals surface area contributed by atoms with Gasteiger partial charge in [0, 0.05) is 18.7 Å². The summed E-state index contributed by atoms with van der Waals surface area (Å²) in [6, 6.07) is 11.3. The van der Waals surface area contributed by atoms with Gasteiger partial charge < -0.3 is 25.0 Å². The van der Waals surface area contributed by atoms with Crippen LogP contribution in [0, 0.1) is 11.3 Å². The second kappa shape index (κ2) is 11.4. The van der Waals surface area contributed by atoms with Crippen LogP contribution in [0.25, 0.3) is 11.3 Å². The Hall–Kier alpha value is -3.20. The number of para-hydroxylation sites is 1. The smallest absolute Gasteiger partial charge is 0.314 e. The summed E-state index contributed by atoms with van der Waals surface area (Å²) >= 11 is 0. The molecule has 0 saturated carbocycles. The Morgan fingerprint density at radius 1 is 1.28 bits per heavy atom. The lowest BCUT2D eigenvalue weighted by Gasteiger charge is -2.44. The number of hydrogen-bond acceptors (Lipinski definition) is 7. The van der Waals surface area contributed by atoms with Crippen LogP contribution in [0.3, 0.4) is 0 Å². The number of aliphatic carboxylic acids is 1. The van der Waals surface area contributed by atoms with Gasteiger partial charge in [-0.15, -0.1) is 10.2 Å². The normalized spacial score (nSPS) is 20.3. The first-order chi connectivity index (χ1) is 15.3. The maximum absolute atomic E-state index is 12.1. The third-order valence-corrected chi connectivity index (χ3v) is 5.73. The van der Waals surface area contributed by atoms with E-state index in [0.717, 1.165) is 12.0 Å². The van der Waals surface area contributed by atoms with Crippen molar-refractivity contribution < 1.29 is 29.6 Å². The molecule has 3 N–H and O–H groups in total. The number of aliphatic hydroxyl groups is 1. The van der Waals surface area contributed by atoms with Crippen LogP contribution in [0.5, 0.6) is 5.75 Å². The number of anilines is 1. The van der Waals surface area contributed by atoms with Gasteiger partial charge in [0.1, 0.15) is 11.2 Å². The first kappa shape index (κ1) is 25.1. The summed E-state index contributed by atoms with van der Waals surface area (Å²) in [4.78, 5) is 22.4. The van der Waals surface area contributed by atoms with Crippen LogP contribution in [-0.4, -0.2) is 64.3 Å². The highest BCUT2D eigenvalue weighted by molar-refractivity contribution is 5.77. The highest BCUT2D eigenvalue weighted by Crippen LogP contribution is 2.38. The van der Waals surface area contributed by atoms with Crippen molar-refractivity contribution in [3.63, 3.8) is 0 Å². The summed E-state index contributed by atoms with van der Waals surface area (Å²) in [6.45, 7) is 4.63. The van der Waals surface area contributed by atoms with E-state index in [-0.39, 0.29) is 13.0 Å². The van der Waals surface area contributed by atoms with Crippen molar-refractivity contribution in [2.45, 2.75) is 39.2 Å². The molecule has 0 spiro atoms. The van der Waals surface area contributed by atoms with Gasteiger partial charge in [-0.05, 0) is 49.4 Å². The molecule has 1 aliphatic heterocycles. The molecule has 1 aromatic carbocycles. The van der Waals surface area contributed by atoms with Crippen molar-refractivity contribution in [3.8, 4) is 17.0 Å². The van der Waals surface area contributed by atoms with E-state index in [1.807, 2.05) is 41.3 Å². The molecule has 1 aliphatic rings. The van der Waals surface area contributed by atoms with Crippen LogP contribution >= 0.6 is 0 Å². The van der Waals surface area contributed by atoms with E-state index in [1.54, 1.807) is 7.11 Å². The number of carboxylic acids is 1. The number of nitrogens with zero attached hydrogens (tertiary/aromatic N) is 3. The fraction of sp³-hybridized carbons (Fsp3) is 0.478. The molecule has 1 saturated heterocycles. The molecule has 0 unspecified atom stereocenters. The second-order valence-corrected chi connectivity index (χ2v) is 8.20. The Balaban J connectivity index is 0.00000114. The van der Waals surface area contributed by atoms with Crippen molar-refractivity contribution in [2.75, 3.05) is 25.1 Å². The first-order valence-corrected chi connectivity index (χ1v) is 10.5. The SMILES string of the molecule is COc1ccccc1-c1ccc(N2CC[C@@H](O)[C@](CCC(C)C)(C(=O)O)C2)nn1.O=CO. The van der Waals surface area contributed by atoms with Crippen molar-refractivity contribution in [1.82, 2.24) is 10.2 Å². The molecule has 9 heteroatoms. The lowest BCUT2D eigenvalue weighted by molar-refractivity contribution is -0.158. The summed E-state index contributed by atoms with van der Waals surface area (Å²) < 4.78 is 5.39. The molecule has 3 rings (SSSR count). The predicted molar refractivity (Wildman–Crippen MR) is 120 cm³/mol. The highest BCUT2D eigenvalue weighted by Gasteiger charge is 2.49. The third-order valence-electron chi connectivity index (χ3n) is 5.73. The molecule has 2 aromatic rings. The van der Waals surface area contributed by atoms with Gasteiger partial charge in [-0.25, -0.2) is 0 Å². The molecule has 0 aliphatic carbocycles. The van der Waals surface area contributed by atoms with Gasteiger partial charge in [-0.2, -0.15) is 0 Å². The largest absolute Gasteiger partial charge is 0.496 e. The Morgan fingerprint density at radius 3 is 2.53 bits per heavy atom. The Labute approximate surface area is 187 Å². The van der Waals surface area contributed by atoms with E-state index < -0.39 is 17.5 Å². The maximum atomic E-state index is 12.1. The van der Waals surface area contributed by atoms with Crippen LogP contribution < -0.4 is 9.64 Å². The minimum absolute atomic E-state index is 0.221. The summed E-state index contributed by atoms with van der Waals surface area (Å²) in [5, 5.41) is 36.1. The topological polar surface area (TPSA) is 133 Å². The zero-order valence-corrected chi connectivity index (χ0v) is 18.6. The van der Waals surface area contributed by atoms with E-state index in [4.69, 9.17) is 14.6 Å². The van der Waals surface area contributed by atoms with E-state index in [0.29, 0.717) is 42.6 Å². The number of piperidine rings is 1. The third kappa shape index (κ3) is 5.73. The highest BCUT2D eigenvalue weighted by atomic mass is 16.5. The quantitative estimate of drug-likeness (QED) is 0.550. The van der Waals surface area contributed by atoms with Gasteiger partial charge in [-0.3, -0.25) is 9.59 Å². The van der Waals surface area contributed by atoms with E-state index in [9.17, 15) is 15.0 Å². The lowest BCUT2D eigenvalue weighted by Crippen LogP contribution is -2.56. The molecule has 9 nitrogen and oxygen atoms in total. The van der Waals surface area contributed by atoms with Gasteiger partial charge in [0.15, 0.2) is 5.82 Å². The number of hydrogen-bond donors (Lipinski definition) is 3. The molecule has 0 bridgehead atoms. The van der Waals surface area contributed by atoms with E-state index in [1.165, 1.54) is 0 Å². The van der Waals surface area contributed by atoms with Gasteiger partial charge in [0.05, 0.1) is 18.9 Å². The van der Waals surface area contributed by atoms with Crippen molar-refractivity contribution in [1.29, 1.82) is 0 Å². The number of methoxy groups -OCH3 is 1. The number of aromatic nitrogens is 2. The van der Waals surface area contributed by atoms with Gasteiger partial charge in [0.25, 0.3) is 6.47 Å². The number of carbonyl (C=O) groups is 2. The second-order valence-electron chi connectivity index (χ2n) is 8.20. The maximum Gasteiger partial charge on any atom is 0.314 e. The molecule has 0 amide bonds. The molecule has 174 valence electrons. The summed E-state index contributed by atoms with van der Waals surface area (Å²) in [5.41, 5.74) is 0.346. The number of carboxylic acid groups (broad SMARTS) is 2. The summed E-state index contributed by atoms with van der Waals surface area (Å²) in [5.74, 6) is 0.752. The van der Waals surface area contributed by atoms with Crippen LogP contribution in [-0.2, 0) is 9.59 Å². The fourth-order valence-electron chi connectivity index (χ4n) is 3.88. The van der Waals surface area contributed by atoms with Gasteiger partial charge in [0.2, 0.25) is 0 Å². The molecule has 1 aromatic heterocycles. The minimum Gasteiger partial charge on any atom is -0.496 e. The zero-order chi connectivity index (χ0) is 23.7. The van der Waals surface area contributed by atoms with Crippen molar-refractivity contribution in [2.24, 2.45) is 11.3 Å². The van der Waals surface area contributed by atoms with Crippen LogP contribution in [0.15, 0.2) is 36.4 Å². The summed E-state index contributed by atoms with van der Waals surface area (Å²) in [7, 11) is 1.61. The van der Waals surface area contributed by atoms with Crippen LogP contribution in [0.2, 0.25) is 0 Å². The molecule has 1 fully saturated rings. The van der Waals surface area contributed by atoms with Crippen molar-refractivity contribution in [3.05, 3.63) is 36.4 Å². The van der Waals surface area contributed by atoms with Crippen LogP contribution in [0.1, 0.15) is 33.1 Å². The standard InChI is InChI=1S/C22H29N3O4.CH2O2/c1-15(2)10-12-22(21(27)28)14-25(13-11-19(22)26)20-9-8-17(23-24-20)16-6-4-5-7-18(16)29-3;2-1-3/h4-9,15,19,26H,10-14H2,1-3H3,(H,27,28);1H,(H,2,3)/t19-,22-;/m1./s1. The molecule has 0 radical (unpaired) electrons. The number of rotatable bonds is 7. The number of aliphatic hydroxyl groups excluding tert-OH is 1. The molecule has 2 atom stereocenters. The van der Waals surface area contributed by atoms with E-state index in [2.05, 4.69) is 24.0 Å². The average Bonchev–Trinajstić information content (AvgIpc) is 2.79. The number of benzene rings is 1. The molecular formula is C23H31N3O6. The molecule has 32 heavy (non-hydrogen) atoms. The molecule has 2 heterocycles. The number of ether oxygens (including phenoxy) is 1.